The van der Waals surface area contributed by atoms with Crippen LogP contribution >= 0.6 is 0 Å². The first-order valence-corrected chi connectivity index (χ1v) is 6.70. The van der Waals surface area contributed by atoms with Crippen molar-refractivity contribution in [2.45, 2.75) is 20.3 Å². The first-order chi connectivity index (χ1) is 9.66. The normalized spacial score (nSPS) is 10.1. The number of hydrogen-bond donors (Lipinski definition) is 0. The zero-order valence-electron chi connectivity index (χ0n) is 12.1. The lowest BCUT2D eigenvalue weighted by Gasteiger charge is -2.13. The Labute approximate surface area is 120 Å². The maximum atomic E-state index is 5.73. The van der Waals surface area contributed by atoms with Gasteiger partial charge in [-0.25, -0.2) is 0 Å². The Morgan fingerprint density at radius 2 is 1.55 bits per heavy atom. The minimum Gasteiger partial charge on any atom is -0.457 e. The molecule has 0 fully saturated rings. The van der Waals surface area contributed by atoms with Crippen LogP contribution < -0.4 is 9.47 Å². The van der Waals surface area contributed by atoms with Gasteiger partial charge >= 0.3 is 0 Å². The Kier molecular flexibility index (Phi) is 4.83. The van der Waals surface area contributed by atoms with E-state index in [2.05, 4.69) is 12.6 Å². The Hall–Kier alpha value is -2.22. The summed E-state index contributed by atoms with van der Waals surface area (Å²) in [6.45, 7) is 8.18. The van der Waals surface area contributed by atoms with Gasteiger partial charge in [0.15, 0.2) is 0 Å². The number of ether oxygens (including phenoxy) is 2. The van der Waals surface area contributed by atoms with Crippen molar-refractivity contribution in [1.82, 2.24) is 0 Å². The van der Waals surface area contributed by atoms with Crippen LogP contribution in [-0.4, -0.2) is 6.79 Å². The third-order valence-electron chi connectivity index (χ3n) is 2.99. The number of aryl methyl sites for hydroxylation is 1. The summed E-state index contributed by atoms with van der Waals surface area (Å²) in [6.07, 6.45) is 0.820. The molecule has 2 rings (SSSR count). The highest BCUT2D eigenvalue weighted by molar-refractivity contribution is 5.36. The summed E-state index contributed by atoms with van der Waals surface area (Å²) in [7, 11) is 0. The van der Waals surface area contributed by atoms with Crippen molar-refractivity contribution >= 4 is 0 Å². The molecular formula is C18H20O2. The van der Waals surface area contributed by atoms with E-state index < -0.39 is 0 Å². The average Bonchev–Trinajstić information content (AvgIpc) is 2.42. The lowest BCUT2D eigenvalue weighted by Crippen LogP contribution is -2.08. The van der Waals surface area contributed by atoms with Crippen LogP contribution in [0.2, 0.25) is 0 Å². The van der Waals surface area contributed by atoms with Crippen LogP contribution in [0.4, 0.5) is 0 Å². The van der Waals surface area contributed by atoms with Crippen LogP contribution in [0, 0.1) is 6.92 Å². The Balaban J connectivity index is 1.97. The van der Waals surface area contributed by atoms with Crippen molar-refractivity contribution in [3.63, 3.8) is 0 Å². The summed E-state index contributed by atoms with van der Waals surface area (Å²) in [5.74, 6) is 1.70. The first kappa shape index (κ1) is 14.2. The van der Waals surface area contributed by atoms with Crippen LogP contribution in [0.1, 0.15) is 18.1 Å². The Bertz CT molecular complexity index is 587. The highest BCUT2D eigenvalue weighted by Crippen LogP contribution is 2.21. The highest BCUT2D eigenvalue weighted by Gasteiger charge is 2.04. The van der Waals surface area contributed by atoms with Gasteiger partial charge in [-0.1, -0.05) is 48.6 Å². The van der Waals surface area contributed by atoms with Crippen molar-refractivity contribution in [1.29, 1.82) is 0 Å². The van der Waals surface area contributed by atoms with E-state index >= 15 is 0 Å². The smallest absolute Gasteiger partial charge is 0.230 e. The molecule has 20 heavy (non-hydrogen) atoms. The fourth-order valence-electron chi connectivity index (χ4n) is 1.99. The molecule has 2 aromatic carbocycles. The molecule has 0 saturated carbocycles. The lowest BCUT2D eigenvalue weighted by atomic mass is 10.1. The van der Waals surface area contributed by atoms with E-state index in [-0.39, 0.29) is 6.79 Å². The number of benzene rings is 2. The summed E-state index contributed by atoms with van der Waals surface area (Å²) in [6, 6.07) is 15.9. The minimum atomic E-state index is 0.206. The number of allylic oxidation sites excluding steroid dienone is 1. The molecule has 0 aliphatic heterocycles. The molecule has 0 aliphatic carbocycles. The Morgan fingerprint density at radius 3 is 2.25 bits per heavy atom. The topological polar surface area (TPSA) is 18.5 Å². The number of rotatable bonds is 6. The average molecular weight is 268 g/mol. The molecule has 0 N–H and O–H groups in total. The molecule has 0 atom stereocenters. The molecule has 0 heterocycles. The SMILES string of the molecule is C=C(C)Cc1ccccc1OCOc1ccccc1C. The molecule has 0 spiro atoms. The molecule has 104 valence electrons. The molecule has 2 heteroatoms. The molecule has 0 aliphatic rings. The zero-order valence-corrected chi connectivity index (χ0v) is 12.1. The molecular weight excluding hydrogens is 248 g/mol. The van der Waals surface area contributed by atoms with E-state index in [1.165, 1.54) is 0 Å². The van der Waals surface area contributed by atoms with Gasteiger partial charge in [0.1, 0.15) is 11.5 Å². The predicted octanol–water partition coefficient (Wildman–Crippen LogP) is 4.53. The molecule has 0 amide bonds. The van der Waals surface area contributed by atoms with E-state index in [9.17, 15) is 0 Å². The van der Waals surface area contributed by atoms with Gasteiger partial charge in [-0.3, -0.25) is 0 Å². The summed E-state index contributed by atoms with van der Waals surface area (Å²) in [5.41, 5.74) is 3.35. The van der Waals surface area contributed by atoms with E-state index in [4.69, 9.17) is 9.47 Å². The second-order valence-corrected chi connectivity index (χ2v) is 4.91. The molecule has 2 aromatic rings. The van der Waals surface area contributed by atoms with Crippen molar-refractivity contribution in [3.8, 4) is 11.5 Å². The largest absolute Gasteiger partial charge is 0.457 e. The van der Waals surface area contributed by atoms with E-state index in [0.717, 1.165) is 34.6 Å². The van der Waals surface area contributed by atoms with Gasteiger partial charge < -0.3 is 9.47 Å². The zero-order chi connectivity index (χ0) is 14.4. The fourth-order valence-corrected chi connectivity index (χ4v) is 1.99. The van der Waals surface area contributed by atoms with Crippen LogP contribution in [0.25, 0.3) is 0 Å². The second kappa shape index (κ2) is 6.80. The van der Waals surface area contributed by atoms with Gasteiger partial charge in [-0.05, 0) is 43.5 Å². The predicted molar refractivity (Wildman–Crippen MR) is 82.3 cm³/mol. The van der Waals surface area contributed by atoms with Crippen molar-refractivity contribution in [2.24, 2.45) is 0 Å². The third-order valence-corrected chi connectivity index (χ3v) is 2.99. The summed E-state index contributed by atoms with van der Waals surface area (Å²) < 4.78 is 11.4. The van der Waals surface area contributed by atoms with Crippen molar-refractivity contribution < 1.29 is 9.47 Å². The summed E-state index contributed by atoms with van der Waals surface area (Å²) >= 11 is 0. The lowest BCUT2D eigenvalue weighted by molar-refractivity contribution is 0.118. The molecule has 0 bridgehead atoms. The summed E-state index contributed by atoms with van der Waals surface area (Å²) in [5, 5.41) is 0. The quantitative estimate of drug-likeness (QED) is 0.566. The second-order valence-electron chi connectivity index (χ2n) is 4.91. The standard InChI is InChI=1S/C18H20O2/c1-14(2)12-16-9-5-7-11-18(16)20-13-19-17-10-6-4-8-15(17)3/h4-11H,1,12-13H2,2-3H3. The van der Waals surface area contributed by atoms with Gasteiger partial charge in [0.05, 0.1) is 0 Å². The van der Waals surface area contributed by atoms with Gasteiger partial charge in [-0.2, -0.15) is 0 Å². The minimum absolute atomic E-state index is 0.206. The molecule has 0 unspecified atom stereocenters. The monoisotopic (exact) mass is 268 g/mol. The Morgan fingerprint density at radius 1 is 0.950 bits per heavy atom. The molecule has 0 saturated heterocycles. The number of para-hydroxylation sites is 2. The molecule has 2 nitrogen and oxygen atoms in total. The van der Waals surface area contributed by atoms with Crippen LogP contribution in [0.5, 0.6) is 11.5 Å². The third kappa shape index (κ3) is 3.89. The van der Waals surface area contributed by atoms with E-state index in [1.54, 1.807) is 0 Å². The number of hydrogen-bond acceptors (Lipinski definition) is 2. The fraction of sp³-hybridized carbons (Fsp3) is 0.222. The van der Waals surface area contributed by atoms with Crippen LogP contribution in [0.3, 0.4) is 0 Å². The first-order valence-electron chi connectivity index (χ1n) is 6.70. The van der Waals surface area contributed by atoms with Crippen molar-refractivity contribution in [2.75, 3.05) is 6.79 Å². The maximum absolute atomic E-state index is 5.73. The van der Waals surface area contributed by atoms with Crippen LogP contribution in [0.15, 0.2) is 60.7 Å². The molecule has 0 radical (unpaired) electrons. The van der Waals surface area contributed by atoms with Gasteiger partial charge in [0.2, 0.25) is 6.79 Å². The van der Waals surface area contributed by atoms with Crippen LogP contribution in [-0.2, 0) is 6.42 Å². The summed E-state index contributed by atoms with van der Waals surface area (Å²) in [4.78, 5) is 0. The van der Waals surface area contributed by atoms with Crippen molar-refractivity contribution in [3.05, 3.63) is 71.8 Å². The van der Waals surface area contributed by atoms with Gasteiger partial charge in [-0.15, -0.1) is 0 Å². The maximum Gasteiger partial charge on any atom is 0.230 e. The van der Waals surface area contributed by atoms with E-state index in [0.29, 0.717) is 0 Å². The van der Waals surface area contributed by atoms with Gasteiger partial charge in [0.25, 0.3) is 0 Å². The highest BCUT2D eigenvalue weighted by atomic mass is 16.7. The van der Waals surface area contributed by atoms with E-state index in [1.807, 2.05) is 56.3 Å². The van der Waals surface area contributed by atoms with Gasteiger partial charge in [0, 0.05) is 0 Å². The molecule has 0 aromatic heterocycles.